The average molecular weight is 233 g/mol. The van der Waals surface area contributed by atoms with Gasteiger partial charge in [-0.25, -0.2) is 4.98 Å². The molecule has 0 aliphatic rings. The zero-order valence-corrected chi connectivity index (χ0v) is 8.81. The number of H-pyrrole nitrogens is 1. The first kappa shape index (κ1) is 14.6. The first-order valence-corrected chi connectivity index (χ1v) is 3.71. The fourth-order valence-electron chi connectivity index (χ4n) is 0.711. The number of hydrogen-bond donors (Lipinski definition) is 2. The summed E-state index contributed by atoms with van der Waals surface area (Å²) in [5.74, 6) is 0. The SMILES string of the molecule is Cl.Cl.ClCNCCc1cnc[nH]1. The number of nitrogens with one attached hydrogen (secondary N) is 2. The molecule has 0 fully saturated rings. The summed E-state index contributed by atoms with van der Waals surface area (Å²) in [6.45, 7) is 0.895. The number of alkyl halides is 1. The van der Waals surface area contributed by atoms with Gasteiger partial charge in [0.1, 0.15) is 0 Å². The molecule has 3 nitrogen and oxygen atoms in total. The number of nitrogens with zero attached hydrogens (tertiary/aromatic N) is 1. The summed E-state index contributed by atoms with van der Waals surface area (Å²) in [7, 11) is 0. The molecule has 1 aromatic rings. The lowest BCUT2D eigenvalue weighted by atomic mass is 10.3. The van der Waals surface area contributed by atoms with Gasteiger partial charge in [-0.3, -0.25) is 0 Å². The van der Waals surface area contributed by atoms with Gasteiger partial charge in [0.05, 0.1) is 12.3 Å². The van der Waals surface area contributed by atoms with Crippen molar-refractivity contribution in [1.82, 2.24) is 15.3 Å². The molecule has 0 aliphatic heterocycles. The lowest BCUT2D eigenvalue weighted by Crippen LogP contribution is -2.14. The molecule has 0 aromatic carbocycles. The first-order chi connectivity index (χ1) is 4.93. The predicted molar refractivity (Wildman–Crippen MR) is 55.5 cm³/mol. The minimum absolute atomic E-state index is 0. The van der Waals surface area contributed by atoms with Gasteiger partial charge < -0.3 is 10.3 Å². The predicted octanol–water partition coefficient (Wildman–Crippen LogP) is 1.58. The largest absolute Gasteiger partial charge is 0.348 e. The zero-order chi connectivity index (χ0) is 7.23. The summed E-state index contributed by atoms with van der Waals surface area (Å²) in [6, 6.07) is 0.508. The number of aromatic nitrogens is 2. The Morgan fingerprint density at radius 3 is 2.75 bits per heavy atom. The molecule has 1 aromatic heterocycles. The van der Waals surface area contributed by atoms with Crippen molar-refractivity contribution in [2.45, 2.75) is 6.42 Å². The summed E-state index contributed by atoms with van der Waals surface area (Å²) in [6.07, 6.45) is 4.44. The van der Waals surface area contributed by atoms with E-state index in [0.29, 0.717) is 6.00 Å². The summed E-state index contributed by atoms with van der Waals surface area (Å²) in [5, 5.41) is 3.00. The molecule has 0 saturated carbocycles. The molecular formula is C6H12Cl3N3. The molecule has 1 heterocycles. The normalized spacial score (nSPS) is 8.42. The van der Waals surface area contributed by atoms with Crippen molar-refractivity contribution in [3.05, 3.63) is 18.2 Å². The van der Waals surface area contributed by atoms with E-state index in [1.54, 1.807) is 6.33 Å². The highest BCUT2D eigenvalue weighted by atomic mass is 35.5. The van der Waals surface area contributed by atoms with Gasteiger partial charge in [-0.15, -0.1) is 36.4 Å². The molecule has 0 amide bonds. The molecule has 0 aliphatic carbocycles. The van der Waals surface area contributed by atoms with Crippen molar-refractivity contribution in [3.63, 3.8) is 0 Å². The second-order valence-corrected chi connectivity index (χ2v) is 2.23. The Balaban J connectivity index is 0. The molecule has 1 rings (SSSR count). The van der Waals surface area contributed by atoms with Crippen LogP contribution >= 0.6 is 36.4 Å². The average Bonchev–Trinajstić information content (AvgIpc) is 2.41. The second-order valence-electron chi connectivity index (χ2n) is 1.96. The maximum Gasteiger partial charge on any atom is 0.0921 e. The Morgan fingerprint density at radius 1 is 1.50 bits per heavy atom. The monoisotopic (exact) mass is 231 g/mol. The fourth-order valence-corrected chi connectivity index (χ4v) is 0.845. The van der Waals surface area contributed by atoms with Crippen LogP contribution in [0.5, 0.6) is 0 Å². The fraction of sp³-hybridized carbons (Fsp3) is 0.500. The Kier molecular flexibility index (Phi) is 11.1. The third-order valence-corrected chi connectivity index (χ3v) is 1.41. The number of rotatable bonds is 4. The van der Waals surface area contributed by atoms with Gasteiger partial charge >= 0.3 is 0 Å². The van der Waals surface area contributed by atoms with Crippen LogP contribution in [0, 0.1) is 0 Å². The van der Waals surface area contributed by atoms with E-state index in [9.17, 15) is 0 Å². The van der Waals surface area contributed by atoms with Crippen LogP contribution in [0.2, 0.25) is 0 Å². The summed E-state index contributed by atoms with van der Waals surface area (Å²) < 4.78 is 0. The van der Waals surface area contributed by atoms with Gasteiger partial charge in [0, 0.05) is 24.9 Å². The molecule has 0 saturated heterocycles. The highest BCUT2D eigenvalue weighted by Gasteiger charge is 1.90. The maximum absolute atomic E-state index is 5.40. The van der Waals surface area contributed by atoms with E-state index in [2.05, 4.69) is 15.3 Å². The van der Waals surface area contributed by atoms with E-state index in [1.807, 2.05) is 6.20 Å². The highest BCUT2D eigenvalue weighted by Crippen LogP contribution is 1.89. The standard InChI is InChI=1S/C6H10ClN3.2ClH/c7-4-8-2-1-6-3-9-5-10-6;;/h3,5,8H,1-2,4H2,(H,9,10);2*1H. The minimum atomic E-state index is 0. The Labute approximate surface area is 89.1 Å². The van der Waals surface area contributed by atoms with Crippen LogP contribution in [0.1, 0.15) is 5.69 Å². The first-order valence-electron chi connectivity index (χ1n) is 3.17. The minimum Gasteiger partial charge on any atom is -0.348 e. The number of imidazole rings is 1. The Hall–Kier alpha value is 0.0400. The smallest absolute Gasteiger partial charge is 0.0921 e. The second kappa shape index (κ2) is 9.13. The van der Waals surface area contributed by atoms with E-state index < -0.39 is 0 Å². The third-order valence-electron chi connectivity index (χ3n) is 1.22. The Morgan fingerprint density at radius 2 is 2.25 bits per heavy atom. The van der Waals surface area contributed by atoms with Crippen LogP contribution in [-0.2, 0) is 6.42 Å². The summed E-state index contributed by atoms with van der Waals surface area (Å²) in [5.41, 5.74) is 1.14. The molecule has 0 radical (unpaired) electrons. The zero-order valence-electron chi connectivity index (χ0n) is 6.42. The van der Waals surface area contributed by atoms with E-state index in [4.69, 9.17) is 11.6 Å². The van der Waals surface area contributed by atoms with Crippen LogP contribution < -0.4 is 5.32 Å². The van der Waals surface area contributed by atoms with Gasteiger partial charge in [0.15, 0.2) is 0 Å². The van der Waals surface area contributed by atoms with E-state index in [1.165, 1.54) is 0 Å². The number of aromatic amines is 1. The molecule has 12 heavy (non-hydrogen) atoms. The lowest BCUT2D eigenvalue weighted by Gasteiger charge is -1.96. The van der Waals surface area contributed by atoms with Gasteiger partial charge in [-0.1, -0.05) is 0 Å². The summed E-state index contributed by atoms with van der Waals surface area (Å²) in [4.78, 5) is 6.89. The van der Waals surface area contributed by atoms with Crippen molar-refractivity contribution in [2.24, 2.45) is 0 Å². The van der Waals surface area contributed by atoms with Crippen molar-refractivity contribution < 1.29 is 0 Å². The molecule has 2 N–H and O–H groups in total. The summed E-state index contributed by atoms with van der Waals surface area (Å²) >= 11 is 5.40. The van der Waals surface area contributed by atoms with Gasteiger partial charge in [0.25, 0.3) is 0 Å². The van der Waals surface area contributed by atoms with Gasteiger partial charge in [-0.2, -0.15) is 0 Å². The van der Waals surface area contributed by atoms with Crippen LogP contribution in [-0.4, -0.2) is 22.5 Å². The van der Waals surface area contributed by atoms with Crippen molar-refractivity contribution in [2.75, 3.05) is 12.5 Å². The van der Waals surface area contributed by atoms with Crippen LogP contribution in [0.4, 0.5) is 0 Å². The molecule has 0 spiro atoms. The van der Waals surface area contributed by atoms with Gasteiger partial charge in [0.2, 0.25) is 0 Å². The molecular weight excluding hydrogens is 220 g/mol. The molecule has 72 valence electrons. The quantitative estimate of drug-likeness (QED) is 0.470. The van der Waals surface area contributed by atoms with Crippen molar-refractivity contribution >= 4 is 36.4 Å². The van der Waals surface area contributed by atoms with Gasteiger partial charge in [-0.05, 0) is 0 Å². The molecule has 0 bridgehead atoms. The molecule has 0 atom stereocenters. The van der Waals surface area contributed by atoms with Crippen molar-refractivity contribution in [3.8, 4) is 0 Å². The van der Waals surface area contributed by atoms with E-state index >= 15 is 0 Å². The lowest BCUT2D eigenvalue weighted by molar-refractivity contribution is 0.760. The number of halogens is 3. The Bertz CT molecular complexity index is 167. The topological polar surface area (TPSA) is 40.7 Å². The molecule has 0 unspecified atom stereocenters. The van der Waals surface area contributed by atoms with Crippen LogP contribution in [0.15, 0.2) is 12.5 Å². The third kappa shape index (κ3) is 5.66. The van der Waals surface area contributed by atoms with E-state index in [0.717, 1.165) is 18.7 Å². The van der Waals surface area contributed by atoms with Crippen LogP contribution in [0.3, 0.4) is 0 Å². The number of hydrogen-bond acceptors (Lipinski definition) is 2. The van der Waals surface area contributed by atoms with Crippen molar-refractivity contribution in [1.29, 1.82) is 0 Å². The molecule has 6 heteroatoms. The van der Waals surface area contributed by atoms with E-state index in [-0.39, 0.29) is 24.8 Å². The maximum atomic E-state index is 5.40. The highest BCUT2D eigenvalue weighted by molar-refractivity contribution is 6.17. The van der Waals surface area contributed by atoms with Crippen LogP contribution in [0.25, 0.3) is 0 Å².